The highest BCUT2D eigenvalue weighted by Gasteiger charge is 2.40. The number of ether oxygens (including phenoxy) is 2. The van der Waals surface area contributed by atoms with E-state index in [4.69, 9.17) is 14.6 Å². The molecule has 0 aliphatic rings. The first-order valence-electron chi connectivity index (χ1n) is 12.0. The fraction of sp³-hybridized carbons (Fsp3) is 0.129. The van der Waals surface area contributed by atoms with Crippen LogP contribution >= 0.6 is 15.9 Å². The molecule has 0 saturated carbocycles. The van der Waals surface area contributed by atoms with Crippen molar-refractivity contribution in [1.29, 1.82) is 0 Å². The van der Waals surface area contributed by atoms with Gasteiger partial charge < -0.3 is 9.47 Å². The van der Waals surface area contributed by atoms with Crippen LogP contribution in [0.5, 0.6) is 5.75 Å². The monoisotopic (exact) mass is 556 g/mol. The van der Waals surface area contributed by atoms with Gasteiger partial charge in [-0.05, 0) is 44.8 Å². The minimum Gasteiger partial charge on any atom is -0.491 e. The van der Waals surface area contributed by atoms with Crippen LogP contribution in [-0.4, -0.2) is 30.1 Å². The molecule has 37 heavy (non-hydrogen) atoms. The van der Waals surface area contributed by atoms with Crippen LogP contribution < -0.4 is 4.74 Å². The smallest absolute Gasteiger partial charge is 0.138 e. The molecular formula is C31H26BrFN2O2. The Balaban J connectivity index is 1.70. The summed E-state index contributed by atoms with van der Waals surface area (Å²) in [7, 11) is 1.60. The van der Waals surface area contributed by atoms with Gasteiger partial charge >= 0.3 is 0 Å². The molecule has 0 saturated heterocycles. The number of hydrogen-bond acceptors (Lipinski definition) is 3. The van der Waals surface area contributed by atoms with Gasteiger partial charge in [0.05, 0.1) is 11.1 Å². The first kappa shape index (κ1) is 24.9. The van der Waals surface area contributed by atoms with E-state index < -0.39 is 11.4 Å². The van der Waals surface area contributed by atoms with Gasteiger partial charge in [0, 0.05) is 24.9 Å². The van der Waals surface area contributed by atoms with Gasteiger partial charge in [-0.25, -0.2) is 4.39 Å². The predicted octanol–water partition coefficient (Wildman–Crippen LogP) is 7.32. The maximum absolute atomic E-state index is 15.3. The Morgan fingerprint density at radius 2 is 1.32 bits per heavy atom. The van der Waals surface area contributed by atoms with Gasteiger partial charge in [0.2, 0.25) is 0 Å². The average molecular weight is 557 g/mol. The van der Waals surface area contributed by atoms with E-state index in [-0.39, 0.29) is 0 Å². The van der Waals surface area contributed by atoms with Crippen molar-refractivity contribution >= 4 is 15.9 Å². The minimum absolute atomic E-state index is 0.349. The number of aromatic nitrogens is 2. The Morgan fingerprint density at radius 1 is 0.784 bits per heavy atom. The Hall–Kier alpha value is -3.74. The lowest BCUT2D eigenvalue weighted by atomic mass is 9.77. The van der Waals surface area contributed by atoms with Crippen molar-refractivity contribution in [3.05, 3.63) is 142 Å². The molecule has 0 spiro atoms. The summed E-state index contributed by atoms with van der Waals surface area (Å²) in [5.74, 6) is 0.0339. The maximum atomic E-state index is 15.3. The van der Waals surface area contributed by atoms with Gasteiger partial charge in [-0.15, -0.1) is 0 Å². The molecule has 0 unspecified atom stereocenters. The van der Waals surface area contributed by atoms with E-state index in [1.54, 1.807) is 19.2 Å². The lowest BCUT2D eigenvalue weighted by Gasteiger charge is -2.36. The SMILES string of the molecule is COCCOc1ccc(-c2nn(C(c3ccccc3)(c3ccccc3)c3ccccc3)cc2Br)c(F)c1. The fourth-order valence-electron chi connectivity index (χ4n) is 4.66. The third-order valence-electron chi connectivity index (χ3n) is 6.34. The van der Waals surface area contributed by atoms with Crippen LogP contribution in [0.3, 0.4) is 0 Å². The standard InChI is InChI=1S/C31H26BrFN2O2/c1-36-19-20-37-26-17-18-27(29(33)21-26)30-28(32)22-35(34-30)31(23-11-5-2-6-12-23,24-13-7-3-8-14-24)25-15-9-4-10-16-25/h2-18,21-22H,19-20H2,1H3. The van der Waals surface area contributed by atoms with Gasteiger partial charge in [-0.2, -0.15) is 5.10 Å². The summed E-state index contributed by atoms with van der Waals surface area (Å²) in [6.07, 6.45) is 1.92. The van der Waals surface area contributed by atoms with E-state index in [1.165, 1.54) is 6.07 Å². The number of benzene rings is 4. The molecule has 0 fully saturated rings. The second-order valence-electron chi connectivity index (χ2n) is 8.56. The highest BCUT2D eigenvalue weighted by atomic mass is 79.9. The Bertz CT molecular complexity index is 1360. The second-order valence-corrected chi connectivity index (χ2v) is 9.42. The van der Waals surface area contributed by atoms with E-state index in [9.17, 15) is 0 Å². The van der Waals surface area contributed by atoms with E-state index in [0.29, 0.717) is 34.7 Å². The van der Waals surface area contributed by atoms with Crippen molar-refractivity contribution in [2.24, 2.45) is 0 Å². The summed E-state index contributed by atoms with van der Waals surface area (Å²) < 4.78 is 28.5. The van der Waals surface area contributed by atoms with Crippen molar-refractivity contribution in [1.82, 2.24) is 9.78 Å². The first-order valence-corrected chi connectivity index (χ1v) is 12.8. The molecule has 0 bridgehead atoms. The highest BCUT2D eigenvalue weighted by Crippen LogP contribution is 2.42. The zero-order valence-electron chi connectivity index (χ0n) is 20.4. The average Bonchev–Trinajstić information content (AvgIpc) is 3.32. The van der Waals surface area contributed by atoms with Crippen molar-refractivity contribution < 1.29 is 13.9 Å². The van der Waals surface area contributed by atoms with Crippen LogP contribution in [0.15, 0.2) is 120 Å². The quantitative estimate of drug-likeness (QED) is 0.141. The Labute approximate surface area is 224 Å². The van der Waals surface area contributed by atoms with Gasteiger partial charge in [-0.1, -0.05) is 91.0 Å². The lowest BCUT2D eigenvalue weighted by molar-refractivity contribution is 0.146. The zero-order chi connectivity index (χ0) is 25.7. The second kappa shape index (κ2) is 11.1. The zero-order valence-corrected chi connectivity index (χ0v) is 21.9. The molecule has 1 heterocycles. The largest absolute Gasteiger partial charge is 0.491 e. The first-order chi connectivity index (χ1) is 18.1. The fourth-order valence-corrected chi connectivity index (χ4v) is 5.15. The summed E-state index contributed by atoms with van der Waals surface area (Å²) in [6.45, 7) is 0.779. The third kappa shape index (κ3) is 4.82. The molecule has 0 radical (unpaired) electrons. The highest BCUT2D eigenvalue weighted by molar-refractivity contribution is 9.10. The number of nitrogens with zero attached hydrogens (tertiary/aromatic N) is 2. The third-order valence-corrected chi connectivity index (χ3v) is 6.92. The van der Waals surface area contributed by atoms with Crippen LogP contribution in [0.2, 0.25) is 0 Å². The van der Waals surface area contributed by atoms with Crippen LogP contribution in [0, 0.1) is 5.82 Å². The van der Waals surface area contributed by atoms with Gasteiger partial charge in [-0.3, -0.25) is 4.68 Å². The van der Waals surface area contributed by atoms with Crippen molar-refractivity contribution in [2.45, 2.75) is 5.54 Å². The molecule has 5 rings (SSSR count). The molecule has 0 aliphatic heterocycles. The van der Waals surface area contributed by atoms with Crippen LogP contribution in [0.4, 0.5) is 4.39 Å². The topological polar surface area (TPSA) is 36.3 Å². The molecule has 4 aromatic carbocycles. The van der Waals surface area contributed by atoms with Gasteiger partial charge in [0.1, 0.15) is 29.4 Å². The molecule has 6 heteroatoms. The summed E-state index contributed by atoms with van der Waals surface area (Å²) in [6, 6.07) is 35.6. The van der Waals surface area contributed by atoms with Crippen molar-refractivity contribution in [2.75, 3.05) is 20.3 Å². The Morgan fingerprint density at radius 3 is 1.81 bits per heavy atom. The maximum Gasteiger partial charge on any atom is 0.138 e. The minimum atomic E-state index is -0.787. The summed E-state index contributed by atoms with van der Waals surface area (Å²) in [4.78, 5) is 0. The van der Waals surface area contributed by atoms with Crippen molar-refractivity contribution in [3.63, 3.8) is 0 Å². The van der Waals surface area contributed by atoms with E-state index in [1.807, 2.05) is 65.5 Å². The molecule has 0 N–H and O–H groups in total. The van der Waals surface area contributed by atoms with Crippen LogP contribution in [0.1, 0.15) is 16.7 Å². The number of rotatable bonds is 9. The molecule has 4 nitrogen and oxygen atoms in total. The molecule has 0 aliphatic carbocycles. The molecule has 1 aromatic heterocycles. The summed E-state index contributed by atoms with van der Waals surface area (Å²) in [5, 5.41) is 5.02. The lowest BCUT2D eigenvalue weighted by Crippen LogP contribution is -2.38. The molecule has 186 valence electrons. The molecule has 5 aromatic rings. The van der Waals surface area contributed by atoms with E-state index in [0.717, 1.165) is 16.7 Å². The number of methoxy groups -OCH3 is 1. The summed E-state index contributed by atoms with van der Waals surface area (Å²) in [5.41, 5.74) is 3.22. The van der Waals surface area contributed by atoms with Gasteiger partial charge in [0.25, 0.3) is 0 Å². The number of hydrogen-bond donors (Lipinski definition) is 0. The van der Waals surface area contributed by atoms with Crippen LogP contribution in [-0.2, 0) is 10.3 Å². The van der Waals surface area contributed by atoms with E-state index in [2.05, 4.69) is 52.3 Å². The predicted molar refractivity (Wildman–Crippen MR) is 147 cm³/mol. The van der Waals surface area contributed by atoms with E-state index >= 15 is 4.39 Å². The van der Waals surface area contributed by atoms with Gasteiger partial charge in [0.15, 0.2) is 0 Å². The summed E-state index contributed by atoms with van der Waals surface area (Å²) >= 11 is 3.67. The molecular weight excluding hydrogens is 531 g/mol. The Kier molecular flexibility index (Phi) is 7.49. The van der Waals surface area contributed by atoms with Crippen LogP contribution in [0.25, 0.3) is 11.3 Å². The number of halogens is 2. The van der Waals surface area contributed by atoms with Crippen molar-refractivity contribution in [3.8, 4) is 17.0 Å². The molecule has 0 amide bonds. The molecule has 0 atom stereocenters. The normalized spacial score (nSPS) is 11.4.